The van der Waals surface area contributed by atoms with Crippen LogP contribution in [0, 0.1) is 5.92 Å². The molecule has 0 aliphatic rings. The highest BCUT2D eigenvalue weighted by Crippen LogP contribution is 2.19. The van der Waals surface area contributed by atoms with Crippen LogP contribution in [-0.2, 0) is 14.3 Å². The van der Waals surface area contributed by atoms with E-state index in [-0.39, 0.29) is 5.91 Å². The number of amides is 1. The van der Waals surface area contributed by atoms with Crippen LogP contribution in [0.4, 0.5) is 5.69 Å². The minimum Gasteiger partial charge on any atom is -0.468 e. The van der Waals surface area contributed by atoms with Gasteiger partial charge >= 0.3 is 5.97 Å². The predicted molar refractivity (Wildman–Crippen MR) is 70.7 cm³/mol. The maximum atomic E-state index is 12.2. The van der Waals surface area contributed by atoms with Crippen LogP contribution >= 0.6 is 11.6 Å². The van der Waals surface area contributed by atoms with Crippen LogP contribution in [0.25, 0.3) is 0 Å². The molecule has 18 heavy (non-hydrogen) atoms. The SMILES string of the molecule is CCC(C(=O)OC)C(=O)N(C)c1ccc(Cl)cc1. The Hall–Kier alpha value is -1.55. The van der Waals surface area contributed by atoms with Gasteiger partial charge in [-0.25, -0.2) is 0 Å². The number of carbonyl (C=O) groups is 2. The molecule has 0 N–H and O–H groups in total. The fraction of sp³-hybridized carbons (Fsp3) is 0.385. The second-order valence-corrected chi connectivity index (χ2v) is 4.29. The first-order valence-electron chi connectivity index (χ1n) is 5.62. The molecule has 4 nitrogen and oxygen atoms in total. The molecule has 0 aliphatic carbocycles. The third-order valence-electron chi connectivity index (χ3n) is 2.74. The summed E-state index contributed by atoms with van der Waals surface area (Å²) in [6, 6.07) is 6.84. The molecule has 1 rings (SSSR count). The molecule has 1 unspecified atom stereocenters. The number of methoxy groups -OCH3 is 1. The van der Waals surface area contributed by atoms with Gasteiger partial charge in [-0.05, 0) is 30.7 Å². The fourth-order valence-electron chi connectivity index (χ4n) is 1.61. The van der Waals surface area contributed by atoms with E-state index >= 15 is 0 Å². The number of rotatable bonds is 4. The van der Waals surface area contributed by atoms with Crippen molar-refractivity contribution < 1.29 is 14.3 Å². The quantitative estimate of drug-likeness (QED) is 0.623. The van der Waals surface area contributed by atoms with Gasteiger partial charge in [0.15, 0.2) is 0 Å². The molecule has 1 amide bonds. The third-order valence-corrected chi connectivity index (χ3v) is 2.99. The number of hydrogen-bond acceptors (Lipinski definition) is 3. The lowest BCUT2D eigenvalue weighted by Gasteiger charge is -2.21. The molecule has 1 atom stereocenters. The van der Waals surface area contributed by atoms with Crippen molar-refractivity contribution in [1.29, 1.82) is 0 Å². The van der Waals surface area contributed by atoms with Crippen molar-refractivity contribution in [1.82, 2.24) is 0 Å². The van der Waals surface area contributed by atoms with Crippen molar-refractivity contribution in [3.05, 3.63) is 29.3 Å². The first-order chi connectivity index (χ1) is 8.51. The van der Waals surface area contributed by atoms with Gasteiger partial charge in [-0.1, -0.05) is 18.5 Å². The lowest BCUT2D eigenvalue weighted by molar-refractivity contribution is -0.149. The number of nitrogens with zero attached hydrogens (tertiary/aromatic N) is 1. The topological polar surface area (TPSA) is 46.6 Å². The number of halogens is 1. The second kappa shape index (κ2) is 6.40. The number of hydrogen-bond donors (Lipinski definition) is 0. The smallest absolute Gasteiger partial charge is 0.318 e. The van der Waals surface area contributed by atoms with Crippen LogP contribution in [0.2, 0.25) is 5.02 Å². The Morgan fingerprint density at radius 1 is 1.33 bits per heavy atom. The molecule has 5 heteroatoms. The largest absolute Gasteiger partial charge is 0.468 e. The van der Waals surface area contributed by atoms with Gasteiger partial charge < -0.3 is 9.64 Å². The standard InChI is InChI=1S/C13H16ClNO3/c1-4-11(13(17)18-3)12(16)15(2)10-7-5-9(14)6-8-10/h5-8,11H,4H2,1-3H3. The number of anilines is 1. The number of benzene rings is 1. The summed E-state index contributed by atoms with van der Waals surface area (Å²) in [6.45, 7) is 1.77. The van der Waals surface area contributed by atoms with Crippen LogP contribution in [0.15, 0.2) is 24.3 Å². The fourth-order valence-corrected chi connectivity index (χ4v) is 1.74. The van der Waals surface area contributed by atoms with Crippen molar-refractivity contribution in [3.8, 4) is 0 Å². The zero-order chi connectivity index (χ0) is 13.7. The van der Waals surface area contributed by atoms with Gasteiger partial charge in [0.05, 0.1) is 7.11 Å². The van der Waals surface area contributed by atoms with Crippen molar-refractivity contribution in [2.24, 2.45) is 5.92 Å². The highest BCUT2D eigenvalue weighted by atomic mass is 35.5. The van der Waals surface area contributed by atoms with Crippen molar-refractivity contribution >= 4 is 29.2 Å². The summed E-state index contributed by atoms with van der Waals surface area (Å²) in [6.07, 6.45) is 0.406. The predicted octanol–water partition coefficient (Wildman–Crippen LogP) is 2.50. The van der Waals surface area contributed by atoms with E-state index in [1.54, 1.807) is 38.2 Å². The Morgan fingerprint density at radius 2 is 1.89 bits per heavy atom. The van der Waals surface area contributed by atoms with E-state index in [4.69, 9.17) is 11.6 Å². The minimum atomic E-state index is -0.768. The Balaban J connectivity index is 2.88. The number of ether oxygens (including phenoxy) is 1. The van der Waals surface area contributed by atoms with E-state index in [9.17, 15) is 9.59 Å². The van der Waals surface area contributed by atoms with Crippen molar-refractivity contribution in [3.63, 3.8) is 0 Å². The average molecular weight is 270 g/mol. The summed E-state index contributed by atoms with van der Waals surface area (Å²) in [5.41, 5.74) is 0.687. The van der Waals surface area contributed by atoms with E-state index in [0.29, 0.717) is 17.1 Å². The van der Waals surface area contributed by atoms with Gasteiger partial charge in [0, 0.05) is 17.8 Å². The first-order valence-corrected chi connectivity index (χ1v) is 6.00. The minimum absolute atomic E-state index is 0.285. The van der Waals surface area contributed by atoms with Gasteiger partial charge in [0.2, 0.25) is 5.91 Å². The van der Waals surface area contributed by atoms with Gasteiger partial charge in [-0.3, -0.25) is 9.59 Å². The van der Waals surface area contributed by atoms with Gasteiger partial charge in [-0.2, -0.15) is 0 Å². The van der Waals surface area contributed by atoms with E-state index in [0.717, 1.165) is 0 Å². The van der Waals surface area contributed by atoms with E-state index < -0.39 is 11.9 Å². The van der Waals surface area contributed by atoms with Crippen LogP contribution in [0.1, 0.15) is 13.3 Å². The van der Waals surface area contributed by atoms with Gasteiger partial charge in [0.1, 0.15) is 5.92 Å². The number of esters is 1. The lowest BCUT2D eigenvalue weighted by Crippen LogP contribution is -2.37. The Bertz CT molecular complexity index is 430. The summed E-state index contributed by atoms with van der Waals surface area (Å²) in [4.78, 5) is 25.1. The summed E-state index contributed by atoms with van der Waals surface area (Å²) < 4.78 is 4.62. The second-order valence-electron chi connectivity index (χ2n) is 3.86. The Labute approximate surface area is 111 Å². The zero-order valence-corrected chi connectivity index (χ0v) is 11.4. The molecule has 0 radical (unpaired) electrons. The molecule has 0 saturated heterocycles. The van der Waals surface area contributed by atoms with Crippen molar-refractivity contribution in [2.75, 3.05) is 19.1 Å². The molecule has 0 fully saturated rings. The van der Waals surface area contributed by atoms with E-state index in [2.05, 4.69) is 4.74 Å². The van der Waals surface area contributed by atoms with Gasteiger partial charge in [0.25, 0.3) is 0 Å². The van der Waals surface area contributed by atoms with E-state index in [1.165, 1.54) is 12.0 Å². The molecule has 1 aromatic rings. The summed E-state index contributed by atoms with van der Waals surface area (Å²) in [5, 5.41) is 0.597. The highest BCUT2D eigenvalue weighted by Gasteiger charge is 2.28. The molecular weight excluding hydrogens is 254 g/mol. The van der Waals surface area contributed by atoms with Crippen LogP contribution in [-0.4, -0.2) is 26.0 Å². The molecule has 0 bridgehead atoms. The third kappa shape index (κ3) is 3.23. The molecule has 0 spiro atoms. The van der Waals surface area contributed by atoms with Crippen LogP contribution in [0.3, 0.4) is 0 Å². The molecule has 0 heterocycles. The summed E-state index contributed by atoms with van der Waals surface area (Å²) in [5.74, 6) is -1.56. The average Bonchev–Trinajstić information content (AvgIpc) is 2.39. The molecule has 0 aromatic heterocycles. The maximum Gasteiger partial charge on any atom is 0.318 e. The van der Waals surface area contributed by atoms with Crippen LogP contribution < -0.4 is 4.90 Å². The highest BCUT2D eigenvalue weighted by molar-refractivity contribution is 6.30. The Kier molecular flexibility index (Phi) is 5.16. The zero-order valence-electron chi connectivity index (χ0n) is 10.6. The number of carbonyl (C=O) groups excluding carboxylic acids is 2. The first kappa shape index (κ1) is 14.5. The molecule has 1 aromatic carbocycles. The van der Waals surface area contributed by atoms with Crippen LogP contribution in [0.5, 0.6) is 0 Å². The molecule has 98 valence electrons. The normalized spacial score (nSPS) is 11.8. The molecular formula is C13H16ClNO3. The van der Waals surface area contributed by atoms with Crippen molar-refractivity contribution in [2.45, 2.75) is 13.3 Å². The maximum absolute atomic E-state index is 12.2. The van der Waals surface area contributed by atoms with Gasteiger partial charge in [-0.15, -0.1) is 0 Å². The van der Waals surface area contributed by atoms with E-state index in [1.807, 2.05) is 0 Å². The summed E-state index contributed by atoms with van der Waals surface area (Å²) >= 11 is 5.78. The molecule has 0 aliphatic heterocycles. The Morgan fingerprint density at radius 3 is 2.33 bits per heavy atom. The lowest BCUT2D eigenvalue weighted by atomic mass is 10.1. The monoisotopic (exact) mass is 269 g/mol. The molecule has 0 saturated carbocycles. The summed E-state index contributed by atoms with van der Waals surface area (Å²) in [7, 11) is 2.90.